The van der Waals surface area contributed by atoms with Crippen LogP contribution in [0.5, 0.6) is 5.75 Å². The molecule has 0 unspecified atom stereocenters. The summed E-state index contributed by atoms with van der Waals surface area (Å²) in [5.74, 6) is -2.04. The average Bonchev–Trinajstić information content (AvgIpc) is 2.91. The number of hydrogen-bond acceptors (Lipinski definition) is 11. The van der Waals surface area contributed by atoms with E-state index in [1.807, 2.05) is 0 Å². The molecule has 0 aliphatic carbocycles. The number of phenols is 1. The van der Waals surface area contributed by atoms with Gasteiger partial charge in [-0.25, -0.2) is 8.42 Å². The molecule has 1 amide bonds. The highest BCUT2D eigenvalue weighted by molar-refractivity contribution is 7.90. The van der Waals surface area contributed by atoms with Gasteiger partial charge >= 0.3 is 0 Å². The highest BCUT2D eigenvalue weighted by Crippen LogP contribution is 2.37. The predicted molar refractivity (Wildman–Crippen MR) is 169 cm³/mol. The van der Waals surface area contributed by atoms with Crippen molar-refractivity contribution in [2.75, 3.05) is 22.7 Å². The van der Waals surface area contributed by atoms with Crippen LogP contribution in [0.25, 0.3) is 10.8 Å². The molecule has 20 heteroatoms. The molecule has 4 aromatic rings. The third kappa shape index (κ3) is 9.84. The second-order valence-corrected chi connectivity index (χ2v) is 16.3. The van der Waals surface area contributed by atoms with Gasteiger partial charge in [0.1, 0.15) is 5.75 Å². The van der Waals surface area contributed by atoms with E-state index in [0.717, 1.165) is 18.2 Å². The Morgan fingerprint density at radius 3 is 1.76 bits per heavy atom. The van der Waals surface area contributed by atoms with Gasteiger partial charge < -0.3 is 16.2 Å². The number of alkyl halides is 1. The fraction of sp³-hybridized carbons (Fsp3) is 0.115. The van der Waals surface area contributed by atoms with Gasteiger partial charge in [0.25, 0.3) is 36.3 Å². The maximum atomic E-state index is 12.8. The summed E-state index contributed by atoms with van der Waals surface area (Å²) >= 11 is 5.47. The molecule has 0 saturated heterocycles. The molecule has 0 heterocycles. The first-order chi connectivity index (χ1) is 21.1. The van der Waals surface area contributed by atoms with Gasteiger partial charge in [0.05, 0.1) is 31.9 Å². The average molecular weight is 737 g/mol. The van der Waals surface area contributed by atoms with E-state index in [1.54, 1.807) is 0 Å². The molecular weight excluding hydrogens is 712 g/mol. The maximum absolute atomic E-state index is 12.8. The molecular formula is C26H25ClN2O13S4. The summed E-state index contributed by atoms with van der Waals surface area (Å²) in [7, 11) is -17.1. The van der Waals surface area contributed by atoms with E-state index < -0.39 is 61.6 Å². The van der Waals surface area contributed by atoms with Crippen LogP contribution in [0.4, 0.5) is 11.4 Å². The fourth-order valence-electron chi connectivity index (χ4n) is 3.90. The van der Waals surface area contributed by atoms with Crippen LogP contribution in [-0.2, 0) is 45.9 Å². The van der Waals surface area contributed by atoms with E-state index in [9.17, 15) is 52.7 Å². The van der Waals surface area contributed by atoms with Crippen molar-refractivity contribution in [1.29, 1.82) is 0 Å². The molecule has 0 fully saturated rings. The van der Waals surface area contributed by atoms with E-state index >= 15 is 0 Å². The van der Waals surface area contributed by atoms with E-state index in [1.165, 1.54) is 48.5 Å². The molecule has 0 aliphatic heterocycles. The highest BCUT2D eigenvalue weighted by Gasteiger charge is 2.21. The van der Waals surface area contributed by atoms with Crippen molar-refractivity contribution in [1.82, 2.24) is 0 Å². The lowest BCUT2D eigenvalue weighted by Crippen LogP contribution is -2.14. The lowest BCUT2D eigenvalue weighted by Gasteiger charge is -2.13. The van der Waals surface area contributed by atoms with Crippen molar-refractivity contribution in [3.05, 3.63) is 83.9 Å². The number of phenolic OH excluding ortho intramolecular Hbond substituents is 1. The number of nitrogen functional groups attached to an aromatic ring is 1. The summed E-state index contributed by atoms with van der Waals surface area (Å²) in [6.07, 6.45) is 0. The number of rotatable bonds is 9. The minimum Gasteiger partial charge on any atom is -0.507 e. The molecule has 0 bridgehead atoms. The Hall–Kier alpha value is -3.82. The summed E-state index contributed by atoms with van der Waals surface area (Å²) in [4.78, 5) is 11.1. The topological polar surface area (TPSA) is 273 Å². The van der Waals surface area contributed by atoms with Crippen molar-refractivity contribution < 1.29 is 57.2 Å². The number of anilines is 2. The van der Waals surface area contributed by atoms with Crippen LogP contribution < -0.4 is 11.1 Å². The van der Waals surface area contributed by atoms with E-state index in [2.05, 4.69) is 5.32 Å². The smallest absolute Gasteiger partial charge is 0.294 e. The molecule has 0 aliphatic rings. The minimum absolute atomic E-state index is 0.0444. The fourth-order valence-corrected chi connectivity index (χ4v) is 7.30. The van der Waals surface area contributed by atoms with Crippen molar-refractivity contribution in [2.24, 2.45) is 0 Å². The van der Waals surface area contributed by atoms with Crippen molar-refractivity contribution in [3.63, 3.8) is 0 Å². The SMILES string of the molecule is Nc1cccc(S(=O)(=O)O)c1.O=C(Nc1cc(S(=O)(=O)O)cc2cc(S(=O)(=O)O)cc(O)c12)c1ccc(CS(=O)(=O)CCCl)cc1. The van der Waals surface area contributed by atoms with E-state index in [0.29, 0.717) is 17.3 Å². The number of fused-ring (bicyclic) bond motifs is 1. The first kappa shape index (κ1) is 36.6. The van der Waals surface area contributed by atoms with Gasteiger partial charge in [-0.2, -0.15) is 25.3 Å². The molecule has 46 heavy (non-hydrogen) atoms. The number of aromatic hydroxyl groups is 1. The molecule has 0 radical (unpaired) electrons. The van der Waals surface area contributed by atoms with Crippen LogP contribution in [0.2, 0.25) is 0 Å². The maximum Gasteiger partial charge on any atom is 0.294 e. The predicted octanol–water partition coefficient (Wildman–Crippen LogP) is 2.96. The van der Waals surface area contributed by atoms with Crippen molar-refractivity contribution in [2.45, 2.75) is 20.4 Å². The van der Waals surface area contributed by atoms with Gasteiger partial charge in [0.15, 0.2) is 9.84 Å². The number of hydrogen-bond donors (Lipinski definition) is 6. The first-order valence-corrected chi connectivity index (χ1v) is 19.0. The number of nitrogens with one attached hydrogen (secondary N) is 1. The molecule has 0 atom stereocenters. The third-order valence-corrected chi connectivity index (χ3v) is 10.5. The number of carbonyl (C=O) groups is 1. The molecule has 4 rings (SSSR count). The van der Waals surface area contributed by atoms with Crippen molar-refractivity contribution in [3.8, 4) is 5.75 Å². The van der Waals surface area contributed by atoms with Gasteiger partial charge in [0.2, 0.25) is 0 Å². The molecule has 0 aromatic heterocycles. The van der Waals surface area contributed by atoms with Crippen LogP contribution in [0.15, 0.2) is 87.5 Å². The molecule has 0 saturated carbocycles. The van der Waals surface area contributed by atoms with E-state index in [4.69, 9.17) is 21.9 Å². The second-order valence-electron chi connectivity index (χ2n) is 9.44. The number of nitrogens with two attached hydrogens (primary N) is 1. The Morgan fingerprint density at radius 2 is 1.28 bits per heavy atom. The minimum atomic E-state index is -4.82. The lowest BCUT2D eigenvalue weighted by molar-refractivity contribution is 0.102. The van der Waals surface area contributed by atoms with Gasteiger partial charge in [-0.05, 0) is 59.5 Å². The number of amides is 1. The van der Waals surface area contributed by atoms with Gasteiger partial charge in [0, 0.05) is 28.6 Å². The zero-order chi connectivity index (χ0) is 34.7. The van der Waals surface area contributed by atoms with Gasteiger partial charge in [-0.3, -0.25) is 18.5 Å². The van der Waals surface area contributed by atoms with Crippen LogP contribution in [0.1, 0.15) is 15.9 Å². The summed E-state index contributed by atoms with van der Waals surface area (Å²) < 4.78 is 118. The molecule has 15 nitrogen and oxygen atoms in total. The second kappa shape index (κ2) is 13.9. The van der Waals surface area contributed by atoms with Crippen molar-refractivity contribution >= 4 is 79.8 Å². The monoisotopic (exact) mass is 736 g/mol. The zero-order valence-electron chi connectivity index (χ0n) is 23.1. The lowest BCUT2D eigenvalue weighted by atomic mass is 10.1. The van der Waals surface area contributed by atoms with Crippen LogP contribution in [0, 0.1) is 0 Å². The highest BCUT2D eigenvalue weighted by atomic mass is 35.5. The Morgan fingerprint density at radius 1 is 0.739 bits per heavy atom. The Bertz CT molecular complexity index is 2240. The summed E-state index contributed by atoms with van der Waals surface area (Å²) in [6.45, 7) is 0. The van der Waals surface area contributed by atoms with Gasteiger partial charge in [-0.15, -0.1) is 11.6 Å². The number of halogens is 1. The largest absolute Gasteiger partial charge is 0.507 e. The Balaban J connectivity index is 0.000000441. The van der Waals surface area contributed by atoms with Crippen LogP contribution in [-0.4, -0.2) is 70.0 Å². The Labute approximate surface area is 268 Å². The Kier molecular flexibility index (Phi) is 11.1. The summed E-state index contributed by atoms with van der Waals surface area (Å²) in [6, 6.07) is 14.2. The third-order valence-electron chi connectivity index (χ3n) is 5.97. The number of sulfone groups is 1. The zero-order valence-corrected chi connectivity index (χ0v) is 27.1. The number of carbonyl (C=O) groups excluding carboxylic acids is 1. The quantitative estimate of drug-likeness (QED) is 0.0819. The first-order valence-electron chi connectivity index (χ1n) is 12.4. The van der Waals surface area contributed by atoms with Crippen LogP contribution in [0.3, 0.4) is 0 Å². The summed E-state index contributed by atoms with van der Waals surface area (Å²) in [5.41, 5.74) is 5.75. The molecule has 4 aromatic carbocycles. The van der Waals surface area contributed by atoms with Gasteiger partial charge in [-0.1, -0.05) is 18.2 Å². The standard InChI is InChI=1S/C20H18ClNO10S3.C6H7NO3S/c21-5-6-33(25,26)11-12-1-3-13(4-2-12)20(24)22-17-9-15(34(27,28)29)7-14-8-16(35(30,31)32)10-18(23)19(14)17;7-5-2-1-3-6(4-5)11(8,9)10/h1-4,7-10,23H,5-6,11H2,(H,22,24)(H,27,28,29)(H,30,31,32);1-4H,7H2,(H,8,9,10). The van der Waals surface area contributed by atoms with Crippen LogP contribution >= 0.6 is 11.6 Å². The molecule has 7 N–H and O–H groups in total. The number of benzene rings is 4. The normalized spacial score (nSPS) is 12.3. The molecule has 0 spiro atoms. The molecule has 248 valence electrons. The summed E-state index contributed by atoms with van der Waals surface area (Å²) in [5, 5.41) is 12.4. The van der Waals surface area contributed by atoms with E-state index in [-0.39, 0.29) is 44.3 Å².